The number of carbonyl (C=O) groups excluding carboxylic acids is 4. The minimum atomic E-state index is -4.98. The first-order valence-electron chi connectivity index (χ1n) is 38.5. The molecule has 0 aliphatic rings. The van der Waals surface area contributed by atoms with Crippen LogP contribution in [0.5, 0.6) is 0 Å². The van der Waals surface area contributed by atoms with E-state index in [4.69, 9.17) is 37.0 Å². The number of rotatable bonds is 72. The number of carbonyl (C=O) groups is 4. The summed E-state index contributed by atoms with van der Waals surface area (Å²) >= 11 is 0. The molecule has 0 spiro atoms. The summed E-state index contributed by atoms with van der Waals surface area (Å²) in [6, 6.07) is 0. The molecule has 0 radical (unpaired) electrons. The SMILES string of the molecule is CC/C=C\C/C=C\C/C=C\C/C=C\C/C=C\CCCCCC(=O)OCC(COP(=O)(O)OCC(O)COP(=O)(O)OCC(COC(=O)CCCCCCC/C=C\C/C=C\CCCCC)OC(=O)CCCCCCCCCCCCC)OC(=O)CCCCCCC/C=C\CCCCCC. The Morgan fingerprint density at radius 1 is 0.296 bits per heavy atom. The summed E-state index contributed by atoms with van der Waals surface area (Å²) in [5, 5.41) is 10.6. The number of hydrogen-bond acceptors (Lipinski definition) is 15. The van der Waals surface area contributed by atoms with Crippen molar-refractivity contribution >= 4 is 39.5 Å². The van der Waals surface area contributed by atoms with E-state index in [9.17, 15) is 43.2 Å². The molecule has 0 fully saturated rings. The van der Waals surface area contributed by atoms with E-state index >= 15 is 0 Å². The molecule has 3 N–H and O–H groups in total. The summed E-state index contributed by atoms with van der Waals surface area (Å²) in [6.45, 7) is 4.67. The number of aliphatic hydroxyl groups is 1. The van der Waals surface area contributed by atoms with Crippen molar-refractivity contribution in [3.8, 4) is 0 Å². The summed E-state index contributed by atoms with van der Waals surface area (Å²) in [5.41, 5.74) is 0. The van der Waals surface area contributed by atoms with E-state index < -0.39 is 97.5 Å². The first-order valence-corrected chi connectivity index (χ1v) is 41.5. The molecule has 0 saturated carbocycles. The lowest BCUT2D eigenvalue weighted by Crippen LogP contribution is -2.30. The number of allylic oxidation sites excluding steroid dienone is 16. The van der Waals surface area contributed by atoms with Crippen molar-refractivity contribution in [1.29, 1.82) is 0 Å². The van der Waals surface area contributed by atoms with Crippen molar-refractivity contribution in [2.75, 3.05) is 39.6 Å². The normalized spacial score (nSPS) is 14.5. The van der Waals surface area contributed by atoms with E-state index in [0.717, 1.165) is 161 Å². The molecule has 5 unspecified atom stereocenters. The standard InChI is InChI=1S/C79H138O17P2/c1-5-9-13-17-21-25-29-32-34-35-36-37-39-42-45-48-52-56-60-64-77(82)90-70-75(96-79(84)66-62-58-54-50-46-40-31-27-23-19-15-11-7-3)72-94-98(87,88)92-68-73(80)67-91-97(85,86)93-71-74(95-78(83)65-61-57-53-49-43-28-24-20-16-12-8-4)69-89-76(81)63-59-55-51-47-44-41-38-33-30-26-22-18-14-10-6-2/h9,13,21-22,25-27,31-34,36-38,42,45,73-75,80H,5-8,10-12,14-20,23-24,28-30,35,39-41,43-44,46-72H2,1-4H3,(H,85,86)(H,87,88)/b13-9-,25-21-,26-22-,31-27-,34-32-,37-36-,38-33-,45-42-. The van der Waals surface area contributed by atoms with Crippen LogP contribution in [0.1, 0.15) is 323 Å². The Balaban J connectivity index is 5.34. The highest BCUT2D eigenvalue weighted by Gasteiger charge is 2.30. The average molecular weight is 1420 g/mol. The lowest BCUT2D eigenvalue weighted by atomic mass is 10.1. The van der Waals surface area contributed by atoms with Crippen molar-refractivity contribution in [3.05, 3.63) is 97.2 Å². The Morgan fingerprint density at radius 3 is 0.867 bits per heavy atom. The number of ether oxygens (including phenoxy) is 4. The lowest BCUT2D eigenvalue weighted by Gasteiger charge is -2.21. The van der Waals surface area contributed by atoms with Gasteiger partial charge in [-0.25, -0.2) is 9.13 Å². The Bertz CT molecular complexity index is 2240. The van der Waals surface area contributed by atoms with Gasteiger partial charge in [0.2, 0.25) is 0 Å². The highest BCUT2D eigenvalue weighted by molar-refractivity contribution is 7.47. The summed E-state index contributed by atoms with van der Waals surface area (Å²) in [6.07, 6.45) is 74.0. The van der Waals surface area contributed by atoms with Crippen LogP contribution in [0.25, 0.3) is 0 Å². The van der Waals surface area contributed by atoms with Gasteiger partial charge in [-0.1, -0.05) is 266 Å². The van der Waals surface area contributed by atoms with Gasteiger partial charge in [0.05, 0.1) is 26.4 Å². The van der Waals surface area contributed by atoms with Crippen LogP contribution in [0.4, 0.5) is 0 Å². The molecule has 98 heavy (non-hydrogen) atoms. The lowest BCUT2D eigenvalue weighted by molar-refractivity contribution is -0.161. The number of hydrogen-bond donors (Lipinski definition) is 3. The van der Waals surface area contributed by atoms with Crippen LogP contribution in [0.2, 0.25) is 0 Å². The van der Waals surface area contributed by atoms with Gasteiger partial charge in [0, 0.05) is 25.7 Å². The molecule has 5 atom stereocenters. The molecule has 0 aromatic carbocycles. The second-order valence-electron chi connectivity index (χ2n) is 25.6. The number of aliphatic hydroxyl groups excluding tert-OH is 1. The van der Waals surface area contributed by atoms with Crippen LogP contribution in [-0.4, -0.2) is 96.7 Å². The molecule has 0 saturated heterocycles. The van der Waals surface area contributed by atoms with E-state index in [1.165, 1.54) is 83.5 Å². The van der Waals surface area contributed by atoms with E-state index in [2.05, 4.69) is 125 Å². The highest BCUT2D eigenvalue weighted by Crippen LogP contribution is 2.45. The van der Waals surface area contributed by atoms with Crippen LogP contribution in [0, 0.1) is 0 Å². The second kappa shape index (κ2) is 71.4. The summed E-state index contributed by atoms with van der Waals surface area (Å²) in [5.74, 6) is -2.22. The summed E-state index contributed by atoms with van der Waals surface area (Å²) in [7, 11) is -9.95. The Kier molecular flexibility index (Phi) is 68.4. The zero-order valence-corrected chi connectivity index (χ0v) is 63.5. The van der Waals surface area contributed by atoms with E-state index in [0.29, 0.717) is 25.7 Å². The molecule has 19 heteroatoms. The third-order valence-corrected chi connectivity index (χ3v) is 17.9. The molecular formula is C79H138O17P2. The Morgan fingerprint density at radius 2 is 0.531 bits per heavy atom. The molecule has 0 aliphatic carbocycles. The van der Waals surface area contributed by atoms with Gasteiger partial charge in [-0.15, -0.1) is 0 Å². The van der Waals surface area contributed by atoms with Crippen molar-refractivity contribution in [2.24, 2.45) is 0 Å². The molecule has 566 valence electrons. The van der Waals surface area contributed by atoms with Gasteiger partial charge in [-0.2, -0.15) is 0 Å². The van der Waals surface area contributed by atoms with Crippen molar-refractivity contribution in [2.45, 2.75) is 341 Å². The zero-order chi connectivity index (χ0) is 71.8. The van der Waals surface area contributed by atoms with Crippen molar-refractivity contribution in [1.82, 2.24) is 0 Å². The van der Waals surface area contributed by atoms with E-state index in [1.807, 2.05) is 0 Å². The molecule has 0 rings (SSSR count). The number of unbranched alkanes of at least 4 members (excludes halogenated alkanes) is 30. The minimum absolute atomic E-state index is 0.0772. The fourth-order valence-electron chi connectivity index (χ4n) is 10.2. The smallest absolute Gasteiger partial charge is 0.462 e. The first-order chi connectivity index (χ1) is 47.7. The van der Waals surface area contributed by atoms with E-state index in [1.54, 1.807) is 0 Å². The van der Waals surface area contributed by atoms with Crippen LogP contribution in [0.15, 0.2) is 97.2 Å². The van der Waals surface area contributed by atoms with Crippen molar-refractivity contribution < 1.29 is 80.2 Å². The number of phosphoric acid groups is 2. The monoisotopic (exact) mass is 1420 g/mol. The quantitative estimate of drug-likeness (QED) is 0.0169. The maximum absolute atomic E-state index is 13.1. The fraction of sp³-hybridized carbons (Fsp3) is 0.747. The molecule has 0 aliphatic heterocycles. The maximum atomic E-state index is 13.1. The van der Waals surface area contributed by atoms with Crippen LogP contribution >= 0.6 is 15.6 Å². The van der Waals surface area contributed by atoms with Crippen LogP contribution < -0.4 is 0 Å². The summed E-state index contributed by atoms with van der Waals surface area (Å²) < 4.78 is 68.4. The zero-order valence-electron chi connectivity index (χ0n) is 61.7. The van der Waals surface area contributed by atoms with Gasteiger partial charge in [0.1, 0.15) is 19.3 Å². The van der Waals surface area contributed by atoms with Crippen LogP contribution in [-0.2, 0) is 65.4 Å². The predicted octanol–water partition coefficient (Wildman–Crippen LogP) is 22.0. The number of phosphoric ester groups is 2. The van der Waals surface area contributed by atoms with Crippen molar-refractivity contribution in [3.63, 3.8) is 0 Å². The summed E-state index contributed by atoms with van der Waals surface area (Å²) in [4.78, 5) is 72.8. The molecule has 0 amide bonds. The van der Waals surface area contributed by atoms with Gasteiger partial charge < -0.3 is 33.8 Å². The van der Waals surface area contributed by atoms with Gasteiger partial charge in [0.15, 0.2) is 12.2 Å². The predicted molar refractivity (Wildman–Crippen MR) is 399 cm³/mol. The number of esters is 4. The first kappa shape index (κ1) is 94.0. The second-order valence-corrected chi connectivity index (χ2v) is 28.5. The molecule has 0 aromatic heterocycles. The van der Waals surface area contributed by atoms with Gasteiger partial charge in [-0.05, 0) is 128 Å². The minimum Gasteiger partial charge on any atom is -0.462 e. The van der Waals surface area contributed by atoms with Gasteiger partial charge in [0.25, 0.3) is 0 Å². The molecule has 0 aromatic rings. The topological polar surface area (TPSA) is 237 Å². The van der Waals surface area contributed by atoms with Gasteiger partial charge >= 0.3 is 39.5 Å². The third kappa shape index (κ3) is 70.4. The van der Waals surface area contributed by atoms with Crippen LogP contribution in [0.3, 0.4) is 0 Å². The third-order valence-electron chi connectivity index (χ3n) is 16.0. The molecule has 0 heterocycles. The Hall–Kier alpha value is -4.02. The molecule has 17 nitrogen and oxygen atoms in total. The Labute approximate surface area is 595 Å². The fourth-order valence-corrected chi connectivity index (χ4v) is 11.7. The molecule has 0 bridgehead atoms. The average Bonchev–Trinajstić information content (AvgIpc) is 0.972. The largest absolute Gasteiger partial charge is 0.472 e. The highest BCUT2D eigenvalue weighted by atomic mass is 31.2. The van der Waals surface area contributed by atoms with Gasteiger partial charge in [-0.3, -0.25) is 37.3 Å². The molecular weight excluding hydrogens is 1280 g/mol. The maximum Gasteiger partial charge on any atom is 0.472 e. The van der Waals surface area contributed by atoms with E-state index in [-0.39, 0.29) is 25.7 Å².